The van der Waals surface area contributed by atoms with Crippen LogP contribution in [0.25, 0.3) is 10.2 Å². The van der Waals surface area contributed by atoms with E-state index in [9.17, 15) is 4.79 Å². The molecule has 0 aliphatic heterocycles. The third-order valence-corrected chi connectivity index (χ3v) is 3.04. The Kier molecular flexibility index (Phi) is 3.17. The zero-order valence-corrected chi connectivity index (χ0v) is 9.62. The van der Waals surface area contributed by atoms with Gasteiger partial charge in [-0.05, 0) is 25.1 Å². The molecule has 2 rings (SSSR count). The van der Waals surface area contributed by atoms with Crippen molar-refractivity contribution in [1.29, 1.82) is 0 Å². The van der Waals surface area contributed by atoms with Crippen molar-refractivity contribution < 1.29 is 9.90 Å². The molecule has 0 saturated carbocycles. The van der Waals surface area contributed by atoms with Crippen LogP contribution in [0.1, 0.15) is 17.3 Å². The first-order valence-electron chi connectivity index (χ1n) is 4.95. The molecule has 1 atom stereocenters. The maximum atomic E-state index is 11.7. The lowest BCUT2D eigenvalue weighted by atomic mass is 10.2. The molecule has 16 heavy (non-hydrogen) atoms. The number of amides is 1. The van der Waals surface area contributed by atoms with Gasteiger partial charge in [-0.3, -0.25) is 4.79 Å². The van der Waals surface area contributed by atoms with Crippen molar-refractivity contribution in [2.75, 3.05) is 6.61 Å². The maximum absolute atomic E-state index is 11.7. The van der Waals surface area contributed by atoms with E-state index in [-0.39, 0.29) is 18.6 Å². The average Bonchev–Trinajstić information content (AvgIpc) is 2.75. The second-order valence-corrected chi connectivity index (χ2v) is 4.48. The number of carbonyl (C=O) groups is 1. The SMILES string of the molecule is C[C@@H](CO)NC(=O)c1ccc2ncsc2c1. The molecule has 4 nitrogen and oxygen atoms in total. The fourth-order valence-electron chi connectivity index (χ4n) is 1.35. The number of nitrogens with one attached hydrogen (secondary N) is 1. The monoisotopic (exact) mass is 236 g/mol. The smallest absolute Gasteiger partial charge is 0.251 e. The molecule has 0 radical (unpaired) electrons. The van der Waals surface area contributed by atoms with E-state index >= 15 is 0 Å². The summed E-state index contributed by atoms with van der Waals surface area (Å²) in [5.74, 6) is -0.170. The summed E-state index contributed by atoms with van der Waals surface area (Å²) in [6.07, 6.45) is 0. The maximum Gasteiger partial charge on any atom is 0.251 e. The molecule has 1 aromatic heterocycles. The molecule has 0 saturated heterocycles. The highest BCUT2D eigenvalue weighted by Crippen LogP contribution is 2.18. The number of rotatable bonds is 3. The number of fused-ring (bicyclic) bond motifs is 1. The van der Waals surface area contributed by atoms with Crippen LogP contribution in [-0.4, -0.2) is 28.6 Å². The molecule has 1 aromatic carbocycles. The fraction of sp³-hybridized carbons (Fsp3) is 0.273. The van der Waals surface area contributed by atoms with Gasteiger partial charge in [0, 0.05) is 11.6 Å². The van der Waals surface area contributed by atoms with Crippen LogP contribution in [0.4, 0.5) is 0 Å². The number of aromatic nitrogens is 1. The third-order valence-electron chi connectivity index (χ3n) is 2.24. The van der Waals surface area contributed by atoms with Crippen molar-refractivity contribution in [1.82, 2.24) is 10.3 Å². The van der Waals surface area contributed by atoms with E-state index in [2.05, 4.69) is 10.3 Å². The number of hydrogen-bond acceptors (Lipinski definition) is 4. The first kappa shape index (κ1) is 11.0. The number of aliphatic hydroxyl groups excluding tert-OH is 1. The van der Waals surface area contributed by atoms with Gasteiger partial charge in [-0.1, -0.05) is 0 Å². The van der Waals surface area contributed by atoms with Crippen LogP contribution in [-0.2, 0) is 0 Å². The van der Waals surface area contributed by atoms with Gasteiger partial charge < -0.3 is 10.4 Å². The molecule has 0 fully saturated rings. The normalized spacial score (nSPS) is 12.6. The quantitative estimate of drug-likeness (QED) is 0.847. The predicted octanol–water partition coefficient (Wildman–Crippen LogP) is 1.41. The van der Waals surface area contributed by atoms with E-state index in [1.165, 1.54) is 11.3 Å². The molecule has 0 spiro atoms. The fourth-order valence-corrected chi connectivity index (χ4v) is 2.07. The summed E-state index contributed by atoms with van der Waals surface area (Å²) in [7, 11) is 0. The third kappa shape index (κ3) is 2.20. The Bertz CT molecular complexity index is 509. The van der Waals surface area contributed by atoms with Crippen LogP contribution in [0.5, 0.6) is 0 Å². The van der Waals surface area contributed by atoms with Gasteiger partial charge in [0.15, 0.2) is 0 Å². The van der Waals surface area contributed by atoms with Crippen LogP contribution < -0.4 is 5.32 Å². The minimum Gasteiger partial charge on any atom is -0.394 e. The van der Waals surface area contributed by atoms with Crippen molar-refractivity contribution >= 4 is 27.5 Å². The standard InChI is InChI=1S/C11H12N2O2S/c1-7(5-14)13-11(15)8-2-3-9-10(4-8)16-6-12-9/h2-4,6-7,14H,5H2,1H3,(H,13,15)/t7-/m0/s1. The molecular formula is C11H12N2O2S. The van der Waals surface area contributed by atoms with Gasteiger partial charge in [-0.25, -0.2) is 4.98 Å². The molecule has 0 aliphatic rings. The van der Waals surface area contributed by atoms with Crippen LogP contribution >= 0.6 is 11.3 Å². The van der Waals surface area contributed by atoms with Crippen molar-refractivity contribution in [3.63, 3.8) is 0 Å². The topological polar surface area (TPSA) is 62.2 Å². The Morgan fingerprint density at radius 3 is 3.19 bits per heavy atom. The first-order chi connectivity index (χ1) is 7.70. The van der Waals surface area contributed by atoms with Gasteiger partial charge in [-0.15, -0.1) is 11.3 Å². The Morgan fingerprint density at radius 1 is 1.62 bits per heavy atom. The van der Waals surface area contributed by atoms with E-state index in [0.29, 0.717) is 5.56 Å². The number of hydrogen-bond donors (Lipinski definition) is 2. The average molecular weight is 236 g/mol. The van der Waals surface area contributed by atoms with Gasteiger partial charge >= 0.3 is 0 Å². The van der Waals surface area contributed by atoms with Crippen molar-refractivity contribution in [3.8, 4) is 0 Å². The number of aliphatic hydroxyl groups is 1. The first-order valence-corrected chi connectivity index (χ1v) is 5.83. The summed E-state index contributed by atoms with van der Waals surface area (Å²) >= 11 is 1.50. The zero-order chi connectivity index (χ0) is 11.5. The zero-order valence-electron chi connectivity index (χ0n) is 8.80. The second-order valence-electron chi connectivity index (χ2n) is 3.59. The number of benzene rings is 1. The highest BCUT2D eigenvalue weighted by Gasteiger charge is 2.09. The highest BCUT2D eigenvalue weighted by atomic mass is 32.1. The Balaban J connectivity index is 2.22. The van der Waals surface area contributed by atoms with Crippen LogP contribution in [0.3, 0.4) is 0 Å². The van der Waals surface area contributed by atoms with Crippen molar-refractivity contribution in [2.45, 2.75) is 13.0 Å². The van der Waals surface area contributed by atoms with Gasteiger partial charge in [0.25, 0.3) is 5.91 Å². The highest BCUT2D eigenvalue weighted by molar-refractivity contribution is 7.16. The van der Waals surface area contributed by atoms with E-state index in [0.717, 1.165) is 10.2 Å². The summed E-state index contributed by atoms with van der Waals surface area (Å²) in [6, 6.07) is 5.14. The Hall–Kier alpha value is -1.46. The van der Waals surface area contributed by atoms with Gasteiger partial charge in [0.2, 0.25) is 0 Å². The second kappa shape index (κ2) is 4.59. The molecule has 0 bridgehead atoms. The number of carbonyl (C=O) groups excluding carboxylic acids is 1. The molecule has 1 heterocycles. The lowest BCUT2D eigenvalue weighted by Crippen LogP contribution is -2.34. The molecular weight excluding hydrogens is 224 g/mol. The lowest BCUT2D eigenvalue weighted by Gasteiger charge is -2.10. The molecule has 0 aliphatic carbocycles. The minimum atomic E-state index is -0.232. The van der Waals surface area contributed by atoms with E-state index < -0.39 is 0 Å². The van der Waals surface area contributed by atoms with Crippen LogP contribution in [0.2, 0.25) is 0 Å². The van der Waals surface area contributed by atoms with Gasteiger partial charge in [0.05, 0.1) is 22.3 Å². The molecule has 1 amide bonds. The van der Waals surface area contributed by atoms with Gasteiger partial charge in [-0.2, -0.15) is 0 Å². The lowest BCUT2D eigenvalue weighted by molar-refractivity contribution is 0.0922. The largest absolute Gasteiger partial charge is 0.394 e. The van der Waals surface area contributed by atoms with Crippen LogP contribution in [0.15, 0.2) is 23.7 Å². The molecule has 0 unspecified atom stereocenters. The molecule has 2 N–H and O–H groups in total. The minimum absolute atomic E-state index is 0.0610. The molecule has 5 heteroatoms. The summed E-state index contributed by atoms with van der Waals surface area (Å²) in [4.78, 5) is 15.9. The summed E-state index contributed by atoms with van der Waals surface area (Å²) in [5, 5.41) is 11.5. The summed E-state index contributed by atoms with van der Waals surface area (Å²) in [5.41, 5.74) is 3.25. The number of thiazole rings is 1. The summed E-state index contributed by atoms with van der Waals surface area (Å²) < 4.78 is 0.990. The number of nitrogens with zero attached hydrogens (tertiary/aromatic N) is 1. The Labute approximate surface area is 96.9 Å². The van der Waals surface area contributed by atoms with E-state index in [4.69, 9.17) is 5.11 Å². The van der Waals surface area contributed by atoms with Crippen LogP contribution in [0, 0.1) is 0 Å². The summed E-state index contributed by atoms with van der Waals surface area (Å²) in [6.45, 7) is 1.69. The van der Waals surface area contributed by atoms with Crippen molar-refractivity contribution in [2.24, 2.45) is 0 Å². The van der Waals surface area contributed by atoms with E-state index in [1.807, 2.05) is 12.1 Å². The van der Waals surface area contributed by atoms with Crippen molar-refractivity contribution in [3.05, 3.63) is 29.3 Å². The molecule has 2 aromatic rings. The predicted molar refractivity (Wildman–Crippen MR) is 63.6 cm³/mol. The van der Waals surface area contributed by atoms with E-state index in [1.54, 1.807) is 18.5 Å². The Morgan fingerprint density at radius 2 is 2.44 bits per heavy atom. The van der Waals surface area contributed by atoms with Gasteiger partial charge in [0.1, 0.15) is 0 Å². The molecule has 84 valence electrons.